The summed E-state index contributed by atoms with van der Waals surface area (Å²) in [5, 5.41) is 6.59. The second-order valence-electron chi connectivity index (χ2n) is 6.44. The molecular weight excluding hydrogens is 327 g/mol. The Kier molecular flexibility index (Phi) is 5.79. The van der Waals surface area contributed by atoms with E-state index in [4.69, 9.17) is 0 Å². The lowest BCUT2D eigenvalue weighted by Crippen LogP contribution is -2.09. The van der Waals surface area contributed by atoms with E-state index in [2.05, 4.69) is 46.6 Å². The molecule has 0 bridgehead atoms. The van der Waals surface area contributed by atoms with E-state index in [9.17, 15) is 4.39 Å². The highest BCUT2D eigenvalue weighted by Crippen LogP contribution is 2.26. The van der Waals surface area contributed by atoms with Crippen LogP contribution in [0.15, 0.2) is 60.8 Å². The van der Waals surface area contributed by atoms with Gasteiger partial charge in [-0.05, 0) is 47.7 Å². The highest BCUT2D eigenvalue weighted by Gasteiger charge is 2.07. The topological polar surface area (TPSA) is 49.8 Å². The van der Waals surface area contributed by atoms with E-state index < -0.39 is 0 Å². The van der Waals surface area contributed by atoms with Crippen molar-refractivity contribution < 1.29 is 4.39 Å². The second-order valence-corrected chi connectivity index (χ2v) is 6.44. The Bertz CT molecular complexity index is 847. The number of hydrogen-bond acceptors (Lipinski definition) is 4. The summed E-state index contributed by atoms with van der Waals surface area (Å²) < 4.78 is 12.9. The van der Waals surface area contributed by atoms with E-state index in [0.717, 1.165) is 23.5 Å². The Balaban J connectivity index is 1.62. The number of para-hydroxylation sites is 1. The van der Waals surface area contributed by atoms with Crippen LogP contribution in [-0.2, 0) is 6.42 Å². The van der Waals surface area contributed by atoms with Crippen molar-refractivity contribution >= 4 is 17.5 Å². The number of benzene rings is 2. The molecule has 0 aliphatic carbocycles. The second kappa shape index (κ2) is 8.43. The minimum atomic E-state index is -0.217. The van der Waals surface area contributed by atoms with E-state index in [-0.39, 0.29) is 5.82 Å². The average molecular weight is 350 g/mol. The van der Waals surface area contributed by atoms with Crippen LogP contribution in [-0.4, -0.2) is 16.5 Å². The Hall–Kier alpha value is -2.95. The maximum Gasteiger partial charge on any atom is 0.224 e. The van der Waals surface area contributed by atoms with Crippen LogP contribution >= 0.6 is 0 Å². The summed E-state index contributed by atoms with van der Waals surface area (Å²) in [5.41, 5.74) is 3.37. The summed E-state index contributed by atoms with van der Waals surface area (Å²) in [6.07, 6.45) is 2.50. The van der Waals surface area contributed by atoms with Gasteiger partial charge in [0, 0.05) is 18.4 Å². The average Bonchev–Trinajstić information content (AvgIpc) is 2.64. The number of nitrogens with one attached hydrogen (secondary N) is 2. The molecule has 1 heterocycles. The molecule has 3 rings (SSSR count). The molecule has 0 saturated carbocycles. The van der Waals surface area contributed by atoms with Crippen LogP contribution in [0.5, 0.6) is 0 Å². The SMILES string of the molecule is CC(C)c1ccccc1Nc1ccnc(NCCc2ccc(F)cc2)n1. The van der Waals surface area contributed by atoms with Crippen LogP contribution in [0.1, 0.15) is 30.9 Å². The van der Waals surface area contributed by atoms with E-state index in [1.807, 2.05) is 18.2 Å². The van der Waals surface area contributed by atoms with Crippen LogP contribution in [0.2, 0.25) is 0 Å². The number of anilines is 3. The summed E-state index contributed by atoms with van der Waals surface area (Å²) in [4.78, 5) is 8.78. The quantitative estimate of drug-likeness (QED) is 0.620. The van der Waals surface area contributed by atoms with Crippen molar-refractivity contribution in [3.8, 4) is 0 Å². The Morgan fingerprint density at radius 2 is 1.77 bits per heavy atom. The van der Waals surface area contributed by atoms with Crippen molar-refractivity contribution in [2.75, 3.05) is 17.2 Å². The molecule has 0 amide bonds. The molecule has 0 atom stereocenters. The van der Waals surface area contributed by atoms with Gasteiger partial charge in [0.15, 0.2) is 0 Å². The predicted molar refractivity (Wildman–Crippen MR) is 104 cm³/mol. The molecule has 1 aromatic heterocycles. The minimum absolute atomic E-state index is 0.217. The molecule has 0 radical (unpaired) electrons. The van der Waals surface area contributed by atoms with E-state index >= 15 is 0 Å². The predicted octanol–water partition coefficient (Wildman–Crippen LogP) is 5.14. The van der Waals surface area contributed by atoms with Gasteiger partial charge in [0.1, 0.15) is 11.6 Å². The molecule has 134 valence electrons. The first-order valence-electron chi connectivity index (χ1n) is 8.79. The number of aromatic nitrogens is 2. The number of rotatable bonds is 7. The summed E-state index contributed by atoms with van der Waals surface area (Å²) >= 11 is 0. The van der Waals surface area contributed by atoms with Crippen molar-refractivity contribution in [2.24, 2.45) is 0 Å². The number of nitrogens with zero attached hydrogens (tertiary/aromatic N) is 2. The molecule has 0 spiro atoms. The van der Waals surface area contributed by atoms with Gasteiger partial charge in [-0.25, -0.2) is 9.37 Å². The van der Waals surface area contributed by atoms with Gasteiger partial charge in [-0.2, -0.15) is 4.98 Å². The Labute approximate surface area is 153 Å². The monoisotopic (exact) mass is 350 g/mol. The zero-order valence-electron chi connectivity index (χ0n) is 15.0. The number of hydrogen-bond donors (Lipinski definition) is 2. The lowest BCUT2D eigenvalue weighted by molar-refractivity contribution is 0.627. The van der Waals surface area contributed by atoms with Crippen LogP contribution in [0.3, 0.4) is 0 Å². The van der Waals surface area contributed by atoms with E-state index in [1.54, 1.807) is 18.3 Å². The first-order chi connectivity index (χ1) is 12.6. The highest BCUT2D eigenvalue weighted by molar-refractivity contribution is 5.61. The smallest absolute Gasteiger partial charge is 0.224 e. The fourth-order valence-corrected chi connectivity index (χ4v) is 2.74. The van der Waals surface area contributed by atoms with E-state index in [0.29, 0.717) is 18.4 Å². The summed E-state index contributed by atoms with van der Waals surface area (Å²) in [6.45, 7) is 5.02. The van der Waals surface area contributed by atoms with Gasteiger partial charge in [-0.1, -0.05) is 44.2 Å². The van der Waals surface area contributed by atoms with Gasteiger partial charge in [-0.15, -0.1) is 0 Å². The van der Waals surface area contributed by atoms with Crippen LogP contribution < -0.4 is 10.6 Å². The third-order valence-electron chi connectivity index (χ3n) is 4.11. The normalized spacial score (nSPS) is 10.8. The molecule has 2 aromatic carbocycles. The maximum atomic E-state index is 12.9. The largest absolute Gasteiger partial charge is 0.354 e. The van der Waals surface area contributed by atoms with E-state index in [1.165, 1.54) is 17.7 Å². The lowest BCUT2D eigenvalue weighted by Gasteiger charge is -2.14. The van der Waals surface area contributed by atoms with Crippen molar-refractivity contribution in [3.63, 3.8) is 0 Å². The van der Waals surface area contributed by atoms with Crippen LogP contribution in [0.4, 0.5) is 21.8 Å². The molecule has 5 heteroatoms. The molecule has 3 aromatic rings. The molecule has 0 saturated heterocycles. The van der Waals surface area contributed by atoms with Gasteiger partial charge in [0.05, 0.1) is 0 Å². The van der Waals surface area contributed by atoms with Gasteiger partial charge < -0.3 is 10.6 Å². The van der Waals surface area contributed by atoms with Gasteiger partial charge in [-0.3, -0.25) is 0 Å². The first kappa shape index (κ1) is 17.9. The molecule has 0 aliphatic heterocycles. The molecule has 0 aliphatic rings. The molecule has 0 fully saturated rings. The third kappa shape index (κ3) is 4.79. The van der Waals surface area contributed by atoms with Crippen LogP contribution in [0.25, 0.3) is 0 Å². The molecule has 26 heavy (non-hydrogen) atoms. The molecule has 4 nitrogen and oxygen atoms in total. The molecule has 2 N–H and O–H groups in total. The summed E-state index contributed by atoms with van der Waals surface area (Å²) in [6, 6.07) is 16.6. The number of halogens is 1. The Morgan fingerprint density at radius 1 is 1.00 bits per heavy atom. The van der Waals surface area contributed by atoms with Gasteiger partial charge >= 0.3 is 0 Å². The Morgan fingerprint density at radius 3 is 2.54 bits per heavy atom. The van der Waals surface area contributed by atoms with Crippen molar-refractivity contribution in [1.29, 1.82) is 0 Å². The highest BCUT2D eigenvalue weighted by atomic mass is 19.1. The fourth-order valence-electron chi connectivity index (χ4n) is 2.74. The third-order valence-corrected chi connectivity index (χ3v) is 4.11. The minimum Gasteiger partial charge on any atom is -0.354 e. The zero-order valence-corrected chi connectivity index (χ0v) is 15.0. The zero-order chi connectivity index (χ0) is 18.4. The van der Waals surface area contributed by atoms with Gasteiger partial charge in [0.2, 0.25) is 5.95 Å². The standard InChI is InChI=1S/C21H23FN4/c1-15(2)18-5-3-4-6-19(18)25-20-12-14-24-21(26-20)23-13-11-16-7-9-17(22)10-8-16/h3-10,12,14-15H,11,13H2,1-2H3,(H2,23,24,25,26). The van der Waals surface area contributed by atoms with Crippen molar-refractivity contribution in [3.05, 3.63) is 77.7 Å². The van der Waals surface area contributed by atoms with Crippen LogP contribution in [0, 0.1) is 5.82 Å². The lowest BCUT2D eigenvalue weighted by atomic mass is 10.0. The van der Waals surface area contributed by atoms with Crippen molar-refractivity contribution in [1.82, 2.24) is 9.97 Å². The summed E-state index contributed by atoms with van der Waals surface area (Å²) in [5.74, 6) is 1.52. The molecule has 0 unspecified atom stereocenters. The van der Waals surface area contributed by atoms with Gasteiger partial charge in [0.25, 0.3) is 0 Å². The first-order valence-corrected chi connectivity index (χ1v) is 8.79. The fraction of sp³-hybridized carbons (Fsp3) is 0.238. The maximum absolute atomic E-state index is 12.9. The van der Waals surface area contributed by atoms with Crippen molar-refractivity contribution in [2.45, 2.75) is 26.2 Å². The summed E-state index contributed by atoms with van der Waals surface area (Å²) in [7, 11) is 0. The molecular formula is C21H23FN4.